The molecule has 7 heteroatoms. The van der Waals surface area contributed by atoms with E-state index in [-0.39, 0.29) is 23.3 Å². The Kier molecular flexibility index (Phi) is 5.21. The van der Waals surface area contributed by atoms with Crippen LogP contribution in [0.2, 0.25) is 0 Å². The second kappa shape index (κ2) is 6.44. The molecular weight excluding hydrogens is 314 g/mol. The average Bonchev–Trinajstić information content (AvgIpc) is 2.31. The van der Waals surface area contributed by atoms with Gasteiger partial charge in [0.15, 0.2) is 6.29 Å². The van der Waals surface area contributed by atoms with E-state index in [1.165, 1.54) is 19.2 Å². The van der Waals surface area contributed by atoms with Gasteiger partial charge in [-0.15, -0.1) is 0 Å². The molecule has 98 valence electrons. The Labute approximate surface area is 110 Å². The predicted molar refractivity (Wildman–Crippen MR) is 61.9 cm³/mol. The van der Waals surface area contributed by atoms with Gasteiger partial charge in [0.25, 0.3) is 0 Å². The molecule has 0 fully saturated rings. The Morgan fingerprint density at radius 1 is 1.50 bits per heavy atom. The number of carbonyl (C=O) groups is 2. The molecule has 0 unspecified atom stereocenters. The zero-order valence-electron chi connectivity index (χ0n) is 9.28. The monoisotopic (exact) mass is 322 g/mol. The first-order chi connectivity index (χ1) is 8.47. The van der Waals surface area contributed by atoms with Crippen molar-refractivity contribution in [1.29, 1.82) is 0 Å². The van der Waals surface area contributed by atoms with Gasteiger partial charge in [-0.2, -0.15) is 8.78 Å². The summed E-state index contributed by atoms with van der Waals surface area (Å²) < 4.78 is 33.7. The van der Waals surface area contributed by atoms with Crippen molar-refractivity contribution in [3.8, 4) is 5.75 Å². The van der Waals surface area contributed by atoms with Crippen LogP contribution in [-0.4, -0.2) is 26.0 Å². The number of alkyl halides is 2. The highest BCUT2D eigenvalue weighted by atomic mass is 79.9. The van der Waals surface area contributed by atoms with Crippen molar-refractivity contribution in [3.05, 3.63) is 27.7 Å². The summed E-state index contributed by atoms with van der Waals surface area (Å²) >= 11 is 3.11. The summed E-state index contributed by atoms with van der Waals surface area (Å²) in [4.78, 5) is 22.0. The van der Waals surface area contributed by atoms with Crippen LogP contribution >= 0.6 is 15.9 Å². The summed E-state index contributed by atoms with van der Waals surface area (Å²) in [6.07, 6.45) is 0.113. The van der Waals surface area contributed by atoms with E-state index in [1.54, 1.807) is 0 Å². The number of aldehydes is 1. The van der Waals surface area contributed by atoms with Gasteiger partial charge in [0.2, 0.25) is 0 Å². The van der Waals surface area contributed by atoms with Gasteiger partial charge in [-0.3, -0.25) is 9.59 Å². The molecule has 18 heavy (non-hydrogen) atoms. The van der Waals surface area contributed by atoms with Gasteiger partial charge in [-0.1, -0.05) is 15.9 Å². The third-order valence-electron chi connectivity index (χ3n) is 2.06. The zero-order valence-corrected chi connectivity index (χ0v) is 10.9. The first kappa shape index (κ1) is 14.6. The van der Waals surface area contributed by atoms with E-state index < -0.39 is 12.6 Å². The van der Waals surface area contributed by atoms with Crippen LogP contribution in [0.4, 0.5) is 8.78 Å². The van der Waals surface area contributed by atoms with E-state index in [0.29, 0.717) is 10.8 Å². The summed E-state index contributed by atoms with van der Waals surface area (Å²) in [5.74, 6) is -0.933. The number of hydrogen-bond acceptors (Lipinski definition) is 4. The van der Waals surface area contributed by atoms with Crippen LogP contribution < -0.4 is 4.74 Å². The van der Waals surface area contributed by atoms with Crippen LogP contribution in [0.25, 0.3) is 0 Å². The molecule has 0 saturated heterocycles. The molecule has 0 aliphatic carbocycles. The Morgan fingerprint density at radius 3 is 2.67 bits per heavy atom. The molecule has 4 nitrogen and oxygen atoms in total. The van der Waals surface area contributed by atoms with Gasteiger partial charge < -0.3 is 9.47 Å². The molecule has 0 saturated carbocycles. The molecule has 0 radical (unpaired) electrons. The topological polar surface area (TPSA) is 52.6 Å². The van der Waals surface area contributed by atoms with Crippen LogP contribution in [-0.2, 0) is 16.0 Å². The Hall–Kier alpha value is -1.50. The van der Waals surface area contributed by atoms with Gasteiger partial charge in [-0.05, 0) is 12.1 Å². The third kappa shape index (κ3) is 3.76. The Morgan fingerprint density at radius 2 is 2.17 bits per heavy atom. The fraction of sp³-hybridized carbons (Fsp3) is 0.273. The van der Waals surface area contributed by atoms with Gasteiger partial charge in [-0.25, -0.2) is 0 Å². The van der Waals surface area contributed by atoms with Crippen molar-refractivity contribution in [2.75, 3.05) is 7.11 Å². The summed E-state index contributed by atoms with van der Waals surface area (Å²) in [5.41, 5.74) is 0.0854. The zero-order chi connectivity index (χ0) is 13.7. The van der Waals surface area contributed by atoms with Gasteiger partial charge in [0, 0.05) is 10.0 Å². The standard InChI is InChI=1S/C11H9BrF2O4/c1-17-9(16)4-6-2-8(12)3-7(5-15)10(6)18-11(13)14/h2-3,5,11H,4H2,1H3. The number of ether oxygens (including phenoxy) is 2. The van der Waals surface area contributed by atoms with Crippen molar-refractivity contribution in [3.63, 3.8) is 0 Å². The van der Waals surface area contributed by atoms with E-state index >= 15 is 0 Å². The van der Waals surface area contributed by atoms with Gasteiger partial charge in [0.05, 0.1) is 19.1 Å². The maximum Gasteiger partial charge on any atom is 0.387 e. The molecule has 1 aromatic carbocycles. The number of benzene rings is 1. The van der Waals surface area contributed by atoms with Gasteiger partial charge in [0.1, 0.15) is 5.75 Å². The second-order valence-electron chi connectivity index (χ2n) is 3.23. The number of carbonyl (C=O) groups excluding carboxylic acids is 2. The summed E-state index contributed by atoms with van der Waals surface area (Å²) in [5, 5.41) is 0. The number of hydrogen-bond donors (Lipinski definition) is 0. The average molecular weight is 323 g/mol. The van der Waals surface area contributed by atoms with E-state index in [2.05, 4.69) is 25.4 Å². The maximum absolute atomic E-state index is 12.3. The number of esters is 1. The number of methoxy groups -OCH3 is 1. The quantitative estimate of drug-likeness (QED) is 0.617. The molecule has 0 spiro atoms. The molecule has 0 N–H and O–H groups in total. The van der Waals surface area contributed by atoms with E-state index in [1.807, 2.05) is 0 Å². The van der Waals surface area contributed by atoms with Crippen LogP contribution in [0.5, 0.6) is 5.75 Å². The molecule has 1 rings (SSSR count). The van der Waals surface area contributed by atoms with Crippen LogP contribution in [0, 0.1) is 0 Å². The predicted octanol–water partition coefficient (Wildman–Crippen LogP) is 2.58. The molecule has 1 aromatic rings. The van der Waals surface area contributed by atoms with Gasteiger partial charge >= 0.3 is 12.6 Å². The maximum atomic E-state index is 12.3. The molecule has 0 heterocycles. The smallest absolute Gasteiger partial charge is 0.387 e. The minimum atomic E-state index is -3.08. The van der Waals surface area contributed by atoms with Crippen molar-refractivity contribution in [2.45, 2.75) is 13.0 Å². The fourth-order valence-electron chi connectivity index (χ4n) is 1.35. The second-order valence-corrected chi connectivity index (χ2v) is 4.15. The molecule has 0 aromatic heterocycles. The molecule has 0 aliphatic rings. The minimum absolute atomic E-state index is 0.0661. The van der Waals surface area contributed by atoms with Crippen molar-refractivity contribution >= 4 is 28.2 Å². The molecule has 0 aliphatic heterocycles. The first-order valence-corrected chi connectivity index (χ1v) is 5.56. The lowest BCUT2D eigenvalue weighted by molar-refractivity contribution is -0.139. The lowest BCUT2D eigenvalue weighted by atomic mass is 10.1. The van der Waals surface area contributed by atoms with Crippen LogP contribution in [0.3, 0.4) is 0 Å². The highest BCUT2D eigenvalue weighted by Gasteiger charge is 2.18. The van der Waals surface area contributed by atoms with Crippen LogP contribution in [0.15, 0.2) is 16.6 Å². The Balaban J connectivity index is 3.22. The number of rotatable bonds is 5. The molecular formula is C11H9BrF2O4. The molecule has 0 atom stereocenters. The fourth-order valence-corrected chi connectivity index (χ4v) is 1.88. The third-order valence-corrected chi connectivity index (χ3v) is 2.51. The lowest BCUT2D eigenvalue weighted by Gasteiger charge is -2.12. The molecule has 0 bridgehead atoms. The number of halogens is 3. The largest absolute Gasteiger partial charge is 0.469 e. The van der Waals surface area contributed by atoms with Crippen molar-refractivity contribution in [2.24, 2.45) is 0 Å². The summed E-state index contributed by atoms with van der Waals surface area (Å²) in [7, 11) is 1.18. The van der Waals surface area contributed by atoms with Crippen molar-refractivity contribution in [1.82, 2.24) is 0 Å². The van der Waals surface area contributed by atoms with E-state index in [9.17, 15) is 18.4 Å². The lowest BCUT2D eigenvalue weighted by Crippen LogP contribution is -2.11. The van der Waals surface area contributed by atoms with Crippen molar-refractivity contribution < 1.29 is 27.8 Å². The summed E-state index contributed by atoms with van der Waals surface area (Å²) in [6, 6.07) is 2.74. The Bertz CT molecular complexity index is 463. The first-order valence-electron chi connectivity index (χ1n) is 4.77. The van der Waals surface area contributed by atoms with E-state index in [0.717, 1.165) is 0 Å². The SMILES string of the molecule is COC(=O)Cc1cc(Br)cc(C=O)c1OC(F)F. The highest BCUT2D eigenvalue weighted by molar-refractivity contribution is 9.10. The molecule has 0 amide bonds. The summed E-state index contributed by atoms with van der Waals surface area (Å²) in [6.45, 7) is -3.08. The van der Waals surface area contributed by atoms with Crippen LogP contribution in [0.1, 0.15) is 15.9 Å². The van der Waals surface area contributed by atoms with E-state index in [4.69, 9.17) is 0 Å². The normalized spacial score (nSPS) is 10.3. The minimum Gasteiger partial charge on any atom is -0.469 e. The highest BCUT2D eigenvalue weighted by Crippen LogP contribution is 2.29.